The van der Waals surface area contributed by atoms with E-state index in [4.69, 9.17) is 4.74 Å². The monoisotopic (exact) mass is 379 g/mol. The Morgan fingerprint density at radius 3 is 2.71 bits per heavy atom. The van der Waals surface area contributed by atoms with Gasteiger partial charge in [-0.05, 0) is 36.6 Å². The molecule has 1 aliphatic rings. The molecule has 0 radical (unpaired) electrons. The summed E-state index contributed by atoms with van der Waals surface area (Å²) in [7, 11) is 0. The summed E-state index contributed by atoms with van der Waals surface area (Å²) in [4.78, 5) is 28.8. The first-order valence-corrected chi connectivity index (χ1v) is 9.53. The van der Waals surface area contributed by atoms with Gasteiger partial charge in [-0.2, -0.15) is 0 Å². The number of hydrogen-bond acceptors (Lipinski definition) is 4. The predicted molar refractivity (Wildman–Crippen MR) is 108 cm³/mol. The molecule has 1 fully saturated rings. The van der Waals surface area contributed by atoms with Crippen molar-refractivity contribution in [3.8, 4) is 5.75 Å². The molecule has 2 N–H and O–H groups in total. The molecule has 1 aromatic heterocycles. The standard InChI is InChI=1S/C22H25N3O3/c1-2-20(26)24-18-12-7-6-11-17(18)22(27)25-21-19(13-8-14-23-21)28-15-16-9-4-3-5-10-16/h2-5,8-10,13-14,17-18H,1,6-7,11-12,15H2,(H,24,26)(H,23,25,27)/t17-,18+/m0/s1. The number of aromatic nitrogens is 1. The maximum atomic E-state index is 12.9. The Morgan fingerprint density at radius 1 is 1.14 bits per heavy atom. The Morgan fingerprint density at radius 2 is 1.93 bits per heavy atom. The Hall–Kier alpha value is -3.15. The predicted octanol–water partition coefficient (Wildman–Crippen LogP) is 3.46. The molecule has 2 atom stereocenters. The number of nitrogens with one attached hydrogen (secondary N) is 2. The quantitative estimate of drug-likeness (QED) is 0.722. The molecule has 0 unspecified atom stereocenters. The Kier molecular flexibility index (Phi) is 6.78. The minimum atomic E-state index is -0.304. The van der Waals surface area contributed by atoms with Gasteiger partial charge in [0.05, 0.1) is 5.92 Å². The van der Waals surface area contributed by atoms with E-state index in [1.54, 1.807) is 18.3 Å². The maximum Gasteiger partial charge on any atom is 0.243 e. The van der Waals surface area contributed by atoms with E-state index in [2.05, 4.69) is 22.2 Å². The van der Waals surface area contributed by atoms with Gasteiger partial charge >= 0.3 is 0 Å². The zero-order valence-corrected chi connectivity index (χ0v) is 15.8. The lowest BCUT2D eigenvalue weighted by Gasteiger charge is -2.30. The Balaban J connectivity index is 1.67. The number of nitrogens with zero attached hydrogens (tertiary/aromatic N) is 1. The van der Waals surface area contributed by atoms with Gasteiger partial charge in [0.2, 0.25) is 11.8 Å². The van der Waals surface area contributed by atoms with Crippen molar-refractivity contribution < 1.29 is 14.3 Å². The van der Waals surface area contributed by atoms with Gasteiger partial charge in [0.15, 0.2) is 11.6 Å². The summed E-state index contributed by atoms with van der Waals surface area (Å²) in [5.41, 5.74) is 1.03. The second-order valence-corrected chi connectivity index (χ2v) is 6.82. The van der Waals surface area contributed by atoms with Crippen LogP contribution in [0.15, 0.2) is 61.3 Å². The highest BCUT2D eigenvalue weighted by atomic mass is 16.5. The summed E-state index contributed by atoms with van der Waals surface area (Å²) in [5, 5.41) is 5.76. The highest BCUT2D eigenvalue weighted by Crippen LogP contribution is 2.28. The zero-order valence-electron chi connectivity index (χ0n) is 15.8. The second-order valence-electron chi connectivity index (χ2n) is 6.82. The molecule has 1 saturated carbocycles. The van der Waals surface area contributed by atoms with Crippen LogP contribution in [0.5, 0.6) is 5.75 Å². The van der Waals surface area contributed by atoms with Crippen LogP contribution in [0.1, 0.15) is 31.2 Å². The molecule has 2 amide bonds. The van der Waals surface area contributed by atoms with E-state index in [9.17, 15) is 9.59 Å². The van der Waals surface area contributed by atoms with Crippen molar-refractivity contribution in [2.45, 2.75) is 38.3 Å². The van der Waals surface area contributed by atoms with E-state index in [-0.39, 0.29) is 23.8 Å². The molecule has 6 heteroatoms. The molecule has 1 aromatic carbocycles. The van der Waals surface area contributed by atoms with Crippen LogP contribution < -0.4 is 15.4 Å². The third kappa shape index (κ3) is 5.19. The molecule has 0 saturated heterocycles. The zero-order chi connectivity index (χ0) is 19.8. The summed E-state index contributed by atoms with van der Waals surface area (Å²) >= 11 is 0. The topological polar surface area (TPSA) is 80.3 Å². The molecule has 3 rings (SSSR count). The van der Waals surface area contributed by atoms with Gasteiger partial charge in [-0.25, -0.2) is 4.98 Å². The van der Waals surface area contributed by atoms with Crippen LogP contribution in [0.4, 0.5) is 5.82 Å². The number of hydrogen-bond donors (Lipinski definition) is 2. The number of pyridine rings is 1. The van der Waals surface area contributed by atoms with Crippen molar-refractivity contribution in [1.82, 2.24) is 10.3 Å². The summed E-state index contributed by atoms with van der Waals surface area (Å²) in [6.07, 6.45) is 6.29. The van der Waals surface area contributed by atoms with Crippen LogP contribution in [0.3, 0.4) is 0 Å². The maximum absolute atomic E-state index is 12.9. The van der Waals surface area contributed by atoms with Crippen LogP contribution in [0.2, 0.25) is 0 Å². The largest absolute Gasteiger partial charge is 0.485 e. The number of carbonyl (C=O) groups is 2. The summed E-state index contributed by atoms with van der Waals surface area (Å²) in [6.45, 7) is 3.87. The molecular weight excluding hydrogens is 354 g/mol. The molecule has 28 heavy (non-hydrogen) atoms. The SMILES string of the molecule is C=CC(=O)N[C@@H]1CCCC[C@@H]1C(=O)Nc1ncccc1OCc1ccccc1. The van der Waals surface area contributed by atoms with Gasteiger partial charge in [0.1, 0.15) is 6.61 Å². The fourth-order valence-electron chi connectivity index (χ4n) is 3.40. The molecule has 1 heterocycles. The normalized spacial score (nSPS) is 18.7. The van der Waals surface area contributed by atoms with E-state index in [0.29, 0.717) is 18.2 Å². The Bertz CT molecular complexity index is 823. The number of rotatable bonds is 7. The van der Waals surface area contributed by atoms with Crippen LogP contribution in [-0.2, 0) is 16.2 Å². The average molecular weight is 379 g/mol. The van der Waals surface area contributed by atoms with Crippen molar-refractivity contribution in [1.29, 1.82) is 0 Å². The lowest BCUT2D eigenvalue weighted by Crippen LogP contribution is -2.46. The fraction of sp³-hybridized carbons (Fsp3) is 0.318. The number of ether oxygens (including phenoxy) is 1. The van der Waals surface area contributed by atoms with Crippen molar-refractivity contribution in [2.24, 2.45) is 5.92 Å². The van der Waals surface area contributed by atoms with Gasteiger partial charge < -0.3 is 15.4 Å². The molecule has 1 aliphatic carbocycles. The molecule has 0 spiro atoms. The lowest BCUT2D eigenvalue weighted by atomic mass is 9.83. The second kappa shape index (κ2) is 9.69. The summed E-state index contributed by atoms with van der Waals surface area (Å²) in [6, 6.07) is 13.2. The van der Waals surface area contributed by atoms with Crippen LogP contribution in [0.25, 0.3) is 0 Å². The first-order valence-electron chi connectivity index (χ1n) is 9.53. The fourth-order valence-corrected chi connectivity index (χ4v) is 3.40. The van der Waals surface area contributed by atoms with E-state index < -0.39 is 0 Å². The van der Waals surface area contributed by atoms with Gasteiger partial charge in [0.25, 0.3) is 0 Å². The average Bonchev–Trinajstić information content (AvgIpc) is 2.74. The van der Waals surface area contributed by atoms with Crippen LogP contribution in [0, 0.1) is 5.92 Å². The Labute approximate surface area is 165 Å². The van der Waals surface area contributed by atoms with Crippen molar-refractivity contribution in [3.05, 3.63) is 66.9 Å². The highest BCUT2D eigenvalue weighted by Gasteiger charge is 2.32. The lowest BCUT2D eigenvalue weighted by molar-refractivity contribution is -0.123. The van der Waals surface area contributed by atoms with Crippen molar-refractivity contribution in [2.75, 3.05) is 5.32 Å². The van der Waals surface area contributed by atoms with Crippen LogP contribution in [-0.4, -0.2) is 22.8 Å². The number of anilines is 1. The smallest absolute Gasteiger partial charge is 0.243 e. The third-order valence-corrected chi connectivity index (χ3v) is 4.87. The van der Waals surface area contributed by atoms with Crippen molar-refractivity contribution >= 4 is 17.6 Å². The van der Waals surface area contributed by atoms with Crippen molar-refractivity contribution in [3.63, 3.8) is 0 Å². The molecule has 0 aliphatic heterocycles. The minimum Gasteiger partial charge on any atom is -0.485 e. The van der Waals surface area contributed by atoms with Gasteiger partial charge in [-0.3, -0.25) is 9.59 Å². The molecule has 0 bridgehead atoms. The van der Waals surface area contributed by atoms with E-state index in [1.165, 1.54) is 6.08 Å². The first-order chi connectivity index (χ1) is 13.7. The number of benzene rings is 1. The van der Waals surface area contributed by atoms with Gasteiger partial charge in [-0.15, -0.1) is 0 Å². The number of amides is 2. The van der Waals surface area contributed by atoms with E-state index in [0.717, 1.165) is 31.2 Å². The summed E-state index contributed by atoms with van der Waals surface area (Å²) < 4.78 is 5.86. The van der Waals surface area contributed by atoms with Gasteiger partial charge in [0, 0.05) is 12.2 Å². The van der Waals surface area contributed by atoms with E-state index >= 15 is 0 Å². The highest BCUT2D eigenvalue weighted by molar-refractivity contribution is 5.94. The minimum absolute atomic E-state index is 0.155. The third-order valence-electron chi connectivity index (χ3n) is 4.87. The number of carbonyl (C=O) groups excluding carboxylic acids is 2. The van der Waals surface area contributed by atoms with Gasteiger partial charge in [-0.1, -0.05) is 49.8 Å². The molecule has 146 valence electrons. The molecular formula is C22H25N3O3. The summed E-state index contributed by atoms with van der Waals surface area (Å²) in [5.74, 6) is 0.193. The van der Waals surface area contributed by atoms with Crippen LogP contribution >= 0.6 is 0 Å². The molecule has 2 aromatic rings. The van der Waals surface area contributed by atoms with E-state index in [1.807, 2.05) is 30.3 Å². The first kappa shape index (κ1) is 19.6. The molecule has 6 nitrogen and oxygen atoms in total.